The van der Waals surface area contributed by atoms with Crippen molar-refractivity contribution in [2.45, 2.75) is 386 Å². The highest BCUT2D eigenvalue weighted by atomic mass is 16.7. The topological polar surface area (TPSA) is 111 Å². The van der Waals surface area contributed by atoms with Crippen LogP contribution >= 0.6 is 0 Å². The zero-order valence-corrected chi connectivity index (χ0v) is 68.8. The summed E-state index contributed by atoms with van der Waals surface area (Å²) in [4.78, 5) is 37.7. The molecular formula is C96H163NO8. The number of quaternary nitrogens is 1. The van der Waals surface area contributed by atoms with Gasteiger partial charge in [0.25, 0.3) is 0 Å². The van der Waals surface area contributed by atoms with Gasteiger partial charge >= 0.3 is 11.9 Å². The SMILES string of the molecule is CC/C=C\C/C=C\C/C=C\C/C=C\C/C=C\C/C=C\C/C=C\C/C=C\C/C=C\C/C=C\CCCCCCCCCCCCC(=O)OC(COC(=O)CCCCCCCCCCCCCCCCCCCCCCCCCC/C=C\C/C=C\C/C=C\CCCCCCC)COC(OCC[N+](C)(C)C)C(=O)[O-]. The lowest BCUT2D eigenvalue weighted by Gasteiger charge is -2.26. The predicted octanol–water partition coefficient (Wildman–Crippen LogP) is 27.4. The van der Waals surface area contributed by atoms with Crippen molar-refractivity contribution in [1.29, 1.82) is 0 Å². The van der Waals surface area contributed by atoms with Crippen molar-refractivity contribution >= 4 is 17.9 Å². The number of carboxylic acids is 1. The highest BCUT2D eigenvalue weighted by Gasteiger charge is 2.22. The van der Waals surface area contributed by atoms with Gasteiger partial charge in [0, 0.05) is 12.8 Å². The Morgan fingerprint density at radius 1 is 0.295 bits per heavy atom. The number of unbranched alkanes of at least 4 members (excludes halogenated alkanes) is 39. The summed E-state index contributed by atoms with van der Waals surface area (Å²) >= 11 is 0. The number of esters is 2. The lowest BCUT2D eigenvalue weighted by Crippen LogP contribution is -2.44. The fourth-order valence-corrected chi connectivity index (χ4v) is 12.2. The third-order valence-electron chi connectivity index (χ3n) is 18.8. The van der Waals surface area contributed by atoms with E-state index in [-0.39, 0.29) is 38.6 Å². The highest BCUT2D eigenvalue weighted by Crippen LogP contribution is 2.19. The van der Waals surface area contributed by atoms with Gasteiger partial charge < -0.3 is 33.3 Å². The van der Waals surface area contributed by atoms with Gasteiger partial charge in [-0.05, 0) is 128 Å². The van der Waals surface area contributed by atoms with Crippen molar-refractivity contribution in [3.8, 4) is 0 Å². The van der Waals surface area contributed by atoms with Gasteiger partial charge in [-0.1, -0.05) is 390 Å². The van der Waals surface area contributed by atoms with E-state index in [1.165, 1.54) is 218 Å². The molecule has 0 bridgehead atoms. The first-order valence-electron chi connectivity index (χ1n) is 43.6. The third-order valence-corrected chi connectivity index (χ3v) is 18.8. The largest absolute Gasteiger partial charge is 0.545 e. The van der Waals surface area contributed by atoms with Crippen LogP contribution in [-0.4, -0.2) is 82.3 Å². The third kappa shape index (κ3) is 86.0. The standard InChI is InChI=1S/C96H163NO8/c1-6-8-10-12-14-16-18-20-22-24-26-28-30-32-34-36-38-40-42-44-46-47-49-51-53-55-57-59-61-63-65-67-69-71-73-75-77-79-81-83-85-87-94(99)105-92(91-104-96(95(100)101)102-89-88-97(3,4)5)90-103-93(98)86-84-82-80-78-76-74-72-70-68-66-64-62-60-58-56-54-52-50-48-45-43-41-39-37-35-33-31-29-27-25-23-21-19-17-15-13-11-9-7-2/h8,10,14,16,19-22,25-28,31-34,38,40,44,46,49,51,55,57,61,63,92,96H,6-7,9,11-13,15,17-18,23-24,29-30,35-37,39,41-43,45,47-48,50,52-54,56,58-60,62,64-91H2,1-5H3/b10-8-,16-14-,21-19-,22-20-,27-25-,28-26-,33-31-,34-32-,40-38-,46-44-,51-49-,57-55-,63-61-. The molecule has 0 N–H and O–H groups in total. The molecular weight excluding hydrogens is 1300 g/mol. The first-order valence-corrected chi connectivity index (χ1v) is 43.6. The molecule has 0 rings (SSSR count). The molecule has 0 amide bonds. The number of ether oxygens (including phenoxy) is 4. The Hall–Kier alpha value is -5.09. The molecule has 2 atom stereocenters. The molecule has 0 aromatic rings. The average Bonchev–Trinajstić information content (AvgIpc) is 1.18. The number of hydrogen-bond acceptors (Lipinski definition) is 8. The van der Waals surface area contributed by atoms with Crippen LogP contribution in [0.15, 0.2) is 158 Å². The van der Waals surface area contributed by atoms with Gasteiger partial charge in [-0.15, -0.1) is 0 Å². The van der Waals surface area contributed by atoms with Gasteiger partial charge in [0.05, 0.1) is 40.3 Å². The van der Waals surface area contributed by atoms with E-state index in [2.05, 4.69) is 172 Å². The van der Waals surface area contributed by atoms with Gasteiger partial charge in [-0.2, -0.15) is 0 Å². The minimum Gasteiger partial charge on any atom is -0.545 e. The fourth-order valence-electron chi connectivity index (χ4n) is 12.2. The van der Waals surface area contributed by atoms with Crippen molar-refractivity contribution in [1.82, 2.24) is 0 Å². The van der Waals surface area contributed by atoms with Crippen LogP contribution in [0.5, 0.6) is 0 Å². The molecule has 0 spiro atoms. The minimum absolute atomic E-state index is 0.142. The van der Waals surface area contributed by atoms with Crippen molar-refractivity contribution in [2.75, 3.05) is 47.5 Å². The molecule has 0 aliphatic rings. The molecule has 0 fully saturated rings. The van der Waals surface area contributed by atoms with Crippen molar-refractivity contribution < 1.29 is 42.9 Å². The lowest BCUT2D eigenvalue weighted by molar-refractivity contribution is -0.870. The van der Waals surface area contributed by atoms with Gasteiger partial charge in [-0.25, -0.2) is 0 Å². The summed E-state index contributed by atoms with van der Waals surface area (Å²) in [6.45, 7) is 4.64. The zero-order chi connectivity index (χ0) is 76.0. The Bertz CT molecular complexity index is 2300. The van der Waals surface area contributed by atoms with Gasteiger partial charge in [0.1, 0.15) is 13.2 Å². The number of carbonyl (C=O) groups excluding carboxylic acids is 3. The molecule has 600 valence electrons. The van der Waals surface area contributed by atoms with Crippen LogP contribution in [0, 0.1) is 0 Å². The maximum absolute atomic E-state index is 13.0. The number of hydrogen-bond donors (Lipinski definition) is 0. The molecule has 0 aromatic heterocycles. The van der Waals surface area contributed by atoms with E-state index in [1.54, 1.807) is 0 Å². The first kappa shape index (κ1) is 99.9. The second kappa shape index (κ2) is 84.5. The Kier molecular flexibility index (Phi) is 80.4. The molecule has 0 aliphatic carbocycles. The summed E-state index contributed by atoms with van der Waals surface area (Å²) in [5.74, 6) is -2.28. The molecule has 0 saturated carbocycles. The second-order valence-corrected chi connectivity index (χ2v) is 30.1. The Balaban J connectivity index is 4.03. The van der Waals surface area contributed by atoms with E-state index in [4.69, 9.17) is 18.9 Å². The van der Waals surface area contributed by atoms with Crippen LogP contribution < -0.4 is 5.11 Å². The van der Waals surface area contributed by atoms with Crippen molar-refractivity contribution in [3.63, 3.8) is 0 Å². The summed E-state index contributed by atoms with van der Waals surface area (Å²) in [5.41, 5.74) is 0. The van der Waals surface area contributed by atoms with Crippen LogP contribution in [0.2, 0.25) is 0 Å². The number of rotatable bonds is 80. The molecule has 0 radical (unpaired) electrons. The molecule has 0 heterocycles. The number of nitrogens with zero attached hydrogens (tertiary/aromatic N) is 1. The van der Waals surface area contributed by atoms with Gasteiger partial charge in [0.2, 0.25) is 0 Å². The Morgan fingerprint density at radius 2 is 0.543 bits per heavy atom. The van der Waals surface area contributed by atoms with Crippen molar-refractivity contribution in [3.05, 3.63) is 158 Å². The number of carboxylic acid groups (broad SMARTS) is 1. The Morgan fingerprint density at radius 3 is 0.810 bits per heavy atom. The normalized spacial score (nSPS) is 13.4. The number of allylic oxidation sites excluding steroid dienone is 26. The maximum atomic E-state index is 13.0. The molecule has 9 heteroatoms. The molecule has 0 aliphatic heterocycles. The van der Waals surface area contributed by atoms with Crippen LogP contribution in [0.25, 0.3) is 0 Å². The summed E-state index contributed by atoms with van der Waals surface area (Å²) in [5, 5.41) is 11.9. The van der Waals surface area contributed by atoms with Crippen LogP contribution in [0.4, 0.5) is 0 Å². The number of likely N-dealkylation sites (N-methyl/N-ethyl adjacent to an activating group) is 1. The first-order chi connectivity index (χ1) is 51.6. The Labute approximate surface area is 648 Å². The summed E-state index contributed by atoms with van der Waals surface area (Å²) in [6, 6.07) is 0. The quantitative estimate of drug-likeness (QED) is 0.0195. The molecule has 0 aromatic carbocycles. The monoisotopic (exact) mass is 1460 g/mol. The van der Waals surface area contributed by atoms with E-state index < -0.39 is 24.3 Å². The number of carbonyl (C=O) groups is 3. The van der Waals surface area contributed by atoms with E-state index in [9.17, 15) is 19.5 Å². The van der Waals surface area contributed by atoms with E-state index in [0.29, 0.717) is 17.4 Å². The molecule has 0 saturated heterocycles. The molecule has 2 unspecified atom stereocenters. The smallest absolute Gasteiger partial charge is 0.306 e. The summed E-state index contributed by atoms with van der Waals surface area (Å²) in [7, 11) is 5.94. The zero-order valence-electron chi connectivity index (χ0n) is 68.8. The highest BCUT2D eigenvalue weighted by molar-refractivity contribution is 5.70. The maximum Gasteiger partial charge on any atom is 0.306 e. The van der Waals surface area contributed by atoms with Gasteiger partial charge in [-0.3, -0.25) is 9.59 Å². The summed E-state index contributed by atoms with van der Waals surface area (Å²) in [6.07, 6.45) is 122. The fraction of sp³-hybridized carbons (Fsp3) is 0.698. The second-order valence-electron chi connectivity index (χ2n) is 30.1. The average molecular weight is 1460 g/mol. The van der Waals surface area contributed by atoms with Crippen molar-refractivity contribution in [2.24, 2.45) is 0 Å². The molecule has 105 heavy (non-hydrogen) atoms. The van der Waals surface area contributed by atoms with Crippen LogP contribution in [0.3, 0.4) is 0 Å². The molecule has 9 nitrogen and oxygen atoms in total. The van der Waals surface area contributed by atoms with E-state index in [0.717, 1.165) is 122 Å². The lowest BCUT2D eigenvalue weighted by atomic mass is 10.0. The van der Waals surface area contributed by atoms with E-state index >= 15 is 0 Å². The van der Waals surface area contributed by atoms with Crippen LogP contribution in [-0.2, 0) is 33.3 Å². The predicted molar refractivity (Wildman–Crippen MR) is 453 cm³/mol. The van der Waals surface area contributed by atoms with E-state index in [1.807, 2.05) is 21.1 Å². The van der Waals surface area contributed by atoms with Crippen LogP contribution in [0.1, 0.15) is 373 Å². The van der Waals surface area contributed by atoms with Gasteiger partial charge in [0.15, 0.2) is 12.4 Å². The minimum atomic E-state index is -1.63. The summed E-state index contributed by atoms with van der Waals surface area (Å²) < 4.78 is 22.9. The number of aliphatic carboxylic acids is 1.